The van der Waals surface area contributed by atoms with Crippen molar-refractivity contribution in [1.82, 2.24) is 10.2 Å². The quantitative estimate of drug-likeness (QED) is 0.645. The lowest BCUT2D eigenvalue weighted by Crippen LogP contribution is -2.34. The van der Waals surface area contributed by atoms with Gasteiger partial charge in [0.25, 0.3) is 11.8 Å². The molecule has 0 spiro atoms. The number of methoxy groups -OCH3 is 1. The molecule has 0 aliphatic carbocycles. The number of benzene rings is 1. The van der Waals surface area contributed by atoms with E-state index in [0.29, 0.717) is 21.9 Å². The fourth-order valence-corrected chi connectivity index (χ4v) is 4.69. The molecule has 4 N–H and O–H groups in total. The van der Waals surface area contributed by atoms with E-state index >= 15 is 0 Å². The van der Waals surface area contributed by atoms with Crippen LogP contribution < -0.4 is 21.1 Å². The standard InChI is InChI=1S/C19H22N4O3S2/c1-3-23-9-8-13-14(10-23)28-18(15(13)16(20)24)22-19(27)21-17(25)11-4-6-12(26-2)7-5-11/h4-7H,3,8-10H2,1-2H3,(H2,20,24)(H2,21,22,25,27). The average molecular weight is 419 g/mol. The van der Waals surface area contributed by atoms with Gasteiger partial charge < -0.3 is 15.8 Å². The number of rotatable bonds is 5. The number of hydrogen-bond donors (Lipinski definition) is 3. The van der Waals surface area contributed by atoms with Crippen molar-refractivity contribution in [1.29, 1.82) is 0 Å². The Balaban J connectivity index is 1.73. The molecule has 3 rings (SSSR count). The predicted molar refractivity (Wildman–Crippen MR) is 114 cm³/mol. The number of fused-ring (bicyclic) bond motifs is 1. The zero-order valence-electron chi connectivity index (χ0n) is 15.7. The topological polar surface area (TPSA) is 96.7 Å². The van der Waals surface area contributed by atoms with Gasteiger partial charge in [0.1, 0.15) is 10.8 Å². The van der Waals surface area contributed by atoms with E-state index in [0.717, 1.165) is 36.5 Å². The van der Waals surface area contributed by atoms with Gasteiger partial charge in [-0.3, -0.25) is 19.8 Å². The molecule has 2 aromatic rings. The highest BCUT2D eigenvalue weighted by molar-refractivity contribution is 7.80. The first-order valence-corrected chi connectivity index (χ1v) is 10.1. The van der Waals surface area contributed by atoms with Crippen LogP contribution >= 0.6 is 23.6 Å². The van der Waals surface area contributed by atoms with E-state index in [2.05, 4.69) is 22.5 Å². The molecule has 0 saturated heterocycles. The van der Waals surface area contributed by atoms with Crippen LogP contribution in [-0.2, 0) is 13.0 Å². The summed E-state index contributed by atoms with van der Waals surface area (Å²) in [6.07, 6.45) is 0.768. The van der Waals surface area contributed by atoms with Crippen LogP contribution in [0.25, 0.3) is 0 Å². The normalized spacial score (nSPS) is 13.5. The molecule has 2 amide bonds. The molecule has 2 heterocycles. The number of carbonyl (C=O) groups excluding carboxylic acids is 2. The third-order valence-corrected chi connectivity index (χ3v) is 5.97. The molecule has 148 valence electrons. The van der Waals surface area contributed by atoms with Gasteiger partial charge in [0.2, 0.25) is 0 Å². The molecular formula is C19H22N4O3S2. The third kappa shape index (κ3) is 4.32. The summed E-state index contributed by atoms with van der Waals surface area (Å²) in [5.74, 6) is -0.179. The summed E-state index contributed by atoms with van der Waals surface area (Å²) in [5.41, 5.74) is 7.52. The van der Waals surface area contributed by atoms with Gasteiger partial charge in [-0.05, 0) is 55.0 Å². The van der Waals surface area contributed by atoms with Crippen molar-refractivity contribution in [3.8, 4) is 5.75 Å². The molecule has 1 aromatic heterocycles. The minimum absolute atomic E-state index is 0.120. The minimum Gasteiger partial charge on any atom is -0.497 e. The lowest BCUT2D eigenvalue weighted by molar-refractivity contribution is 0.0975. The first-order chi connectivity index (χ1) is 13.4. The maximum Gasteiger partial charge on any atom is 0.257 e. The first-order valence-electron chi connectivity index (χ1n) is 8.86. The van der Waals surface area contributed by atoms with Gasteiger partial charge >= 0.3 is 0 Å². The van der Waals surface area contributed by atoms with Gasteiger partial charge in [-0.25, -0.2) is 0 Å². The van der Waals surface area contributed by atoms with Crippen molar-refractivity contribution in [3.05, 3.63) is 45.8 Å². The molecule has 1 aromatic carbocycles. The number of thiophene rings is 1. The Morgan fingerprint density at radius 2 is 2.04 bits per heavy atom. The van der Waals surface area contributed by atoms with Crippen LogP contribution in [0, 0.1) is 0 Å². The zero-order chi connectivity index (χ0) is 20.3. The zero-order valence-corrected chi connectivity index (χ0v) is 17.3. The van der Waals surface area contributed by atoms with Crippen molar-refractivity contribution < 1.29 is 14.3 Å². The highest BCUT2D eigenvalue weighted by Crippen LogP contribution is 2.36. The molecule has 0 atom stereocenters. The predicted octanol–water partition coefficient (Wildman–Crippen LogP) is 2.36. The summed E-state index contributed by atoms with van der Waals surface area (Å²) >= 11 is 6.73. The number of primary amides is 1. The number of nitrogens with two attached hydrogens (primary N) is 1. The lowest BCUT2D eigenvalue weighted by Gasteiger charge is -2.25. The molecule has 0 bridgehead atoms. The first kappa shape index (κ1) is 20.2. The number of nitrogens with one attached hydrogen (secondary N) is 2. The lowest BCUT2D eigenvalue weighted by atomic mass is 10.0. The SMILES string of the molecule is CCN1CCc2c(sc(NC(=S)NC(=O)c3ccc(OC)cc3)c2C(N)=O)C1. The summed E-state index contributed by atoms with van der Waals surface area (Å²) < 4.78 is 5.08. The van der Waals surface area contributed by atoms with Crippen LogP contribution in [0.15, 0.2) is 24.3 Å². The summed E-state index contributed by atoms with van der Waals surface area (Å²) in [7, 11) is 1.56. The smallest absolute Gasteiger partial charge is 0.257 e. The molecule has 1 aliphatic rings. The second-order valence-electron chi connectivity index (χ2n) is 6.33. The molecule has 0 radical (unpaired) electrons. The van der Waals surface area contributed by atoms with Crippen LogP contribution in [0.5, 0.6) is 5.75 Å². The molecule has 7 nitrogen and oxygen atoms in total. The molecule has 0 fully saturated rings. The van der Waals surface area contributed by atoms with Gasteiger partial charge in [-0.1, -0.05) is 6.92 Å². The Morgan fingerprint density at radius 3 is 2.64 bits per heavy atom. The summed E-state index contributed by atoms with van der Waals surface area (Å²) in [5, 5.41) is 6.31. The van der Waals surface area contributed by atoms with E-state index in [1.54, 1.807) is 31.4 Å². The average Bonchev–Trinajstić information content (AvgIpc) is 3.04. The van der Waals surface area contributed by atoms with Crippen molar-refractivity contribution in [2.75, 3.05) is 25.5 Å². The van der Waals surface area contributed by atoms with Crippen LogP contribution in [0.4, 0.5) is 5.00 Å². The second-order valence-corrected chi connectivity index (χ2v) is 7.84. The minimum atomic E-state index is -0.491. The van der Waals surface area contributed by atoms with Gasteiger partial charge in [-0.15, -0.1) is 11.3 Å². The third-order valence-electron chi connectivity index (χ3n) is 4.64. The summed E-state index contributed by atoms with van der Waals surface area (Å²) in [4.78, 5) is 27.8. The van der Waals surface area contributed by atoms with Crippen molar-refractivity contribution in [2.45, 2.75) is 19.9 Å². The fraction of sp³-hybridized carbons (Fsp3) is 0.316. The van der Waals surface area contributed by atoms with Crippen LogP contribution in [0.2, 0.25) is 0 Å². The van der Waals surface area contributed by atoms with Crippen LogP contribution in [0.1, 0.15) is 38.1 Å². The van der Waals surface area contributed by atoms with E-state index in [1.807, 2.05) is 0 Å². The van der Waals surface area contributed by atoms with E-state index < -0.39 is 5.91 Å². The maximum atomic E-state index is 12.4. The Morgan fingerprint density at radius 1 is 1.32 bits per heavy atom. The van der Waals surface area contributed by atoms with Gasteiger partial charge in [0.15, 0.2) is 5.11 Å². The number of anilines is 1. The number of nitrogens with zero attached hydrogens (tertiary/aromatic N) is 1. The van der Waals surface area contributed by atoms with Crippen LogP contribution in [0.3, 0.4) is 0 Å². The molecular weight excluding hydrogens is 396 g/mol. The van der Waals surface area contributed by atoms with E-state index in [4.69, 9.17) is 22.7 Å². The summed E-state index contributed by atoms with van der Waals surface area (Å²) in [6, 6.07) is 6.69. The van der Waals surface area contributed by atoms with Crippen LogP contribution in [-0.4, -0.2) is 42.0 Å². The van der Waals surface area contributed by atoms with Gasteiger partial charge in [0.05, 0.1) is 12.7 Å². The van der Waals surface area contributed by atoms with Gasteiger partial charge in [0, 0.05) is 23.5 Å². The molecule has 0 saturated carbocycles. The molecule has 1 aliphatic heterocycles. The van der Waals surface area contributed by atoms with E-state index in [-0.39, 0.29) is 11.0 Å². The Hall–Kier alpha value is -2.49. The number of ether oxygens (including phenoxy) is 1. The molecule has 28 heavy (non-hydrogen) atoms. The van der Waals surface area contributed by atoms with Crippen molar-refractivity contribution in [3.63, 3.8) is 0 Å². The fourth-order valence-electron chi connectivity index (χ4n) is 3.13. The van der Waals surface area contributed by atoms with Crippen molar-refractivity contribution in [2.24, 2.45) is 5.73 Å². The maximum absolute atomic E-state index is 12.4. The second kappa shape index (κ2) is 8.68. The number of likely N-dealkylation sites (N-methyl/N-ethyl adjacent to an activating group) is 1. The highest BCUT2D eigenvalue weighted by atomic mass is 32.1. The van der Waals surface area contributed by atoms with Gasteiger partial charge in [-0.2, -0.15) is 0 Å². The number of carbonyl (C=O) groups is 2. The Labute approximate surface area is 172 Å². The number of hydrogen-bond acceptors (Lipinski definition) is 6. The summed E-state index contributed by atoms with van der Waals surface area (Å²) in [6.45, 7) is 4.72. The number of amides is 2. The van der Waals surface area contributed by atoms with E-state index in [9.17, 15) is 9.59 Å². The Bertz CT molecular complexity index is 909. The molecule has 0 unspecified atom stereocenters. The molecule has 9 heteroatoms. The largest absolute Gasteiger partial charge is 0.497 e. The highest BCUT2D eigenvalue weighted by Gasteiger charge is 2.27. The monoisotopic (exact) mass is 418 g/mol. The van der Waals surface area contributed by atoms with Crippen molar-refractivity contribution >= 4 is 45.5 Å². The Kier molecular flexibility index (Phi) is 6.28. The number of thiocarbonyl (C=S) groups is 1. The van der Waals surface area contributed by atoms with E-state index in [1.165, 1.54) is 11.3 Å².